The van der Waals surface area contributed by atoms with E-state index in [9.17, 15) is 0 Å². The molecule has 138 heavy (non-hydrogen) atoms. The number of pyridine rings is 3. The van der Waals surface area contributed by atoms with Crippen LogP contribution in [-0.2, 0) is 0 Å². The van der Waals surface area contributed by atoms with Gasteiger partial charge in [-0.05, 0) is 269 Å². The summed E-state index contributed by atoms with van der Waals surface area (Å²) < 4.78 is 36.9. The number of rotatable bonds is 15. The van der Waals surface area contributed by atoms with Gasteiger partial charge in [0.05, 0.1) is 28.5 Å². The molecular formula is C111H124N22O5. The summed E-state index contributed by atoms with van der Waals surface area (Å²) in [4.78, 5) is 33.0. The Balaban J connectivity index is 0.000000125. The second-order valence-corrected chi connectivity index (χ2v) is 40.7. The Labute approximate surface area is 805 Å². The van der Waals surface area contributed by atoms with Crippen molar-refractivity contribution < 1.29 is 22.6 Å². The lowest BCUT2D eigenvalue weighted by molar-refractivity contribution is 0.393. The van der Waals surface area contributed by atoms with Crippen molar-refractivity contribution in [2.45, 2.75) is 222 Å². The maximum absolute atomic E-state index is 5.32. The van der Waals surface area contributed by atoms with Crippen molar-refractivity contribution >= 4 is 57.5 Å². The molecule has 0 unspecified atom stereocenters. The molecule has 20 rings (SSSR count). The summed E-state index contributed by atoms with van der Waals surface area (Å²) in [7, 11) is 0. The smallest absolute Gasteiger partial charge is 0.235 e. The first-order valence-corrected chi connectivity index (χ1v) is 46.6. The maximum Gasteiger partial charge on any atom is 0.235 e. The van der Waals surface area contributed by atoms with Gasteiger partial charge in [0.2, 0.25) is 5.78 Å². The molecule has 15 heterocycles. The van der Waals surface area contributed by atoms with Crippen molar-refractivity contribution in [3.05, 3.63) is 287 Å². The van der Waals surface area contributed by atoms with Gasteiger partial charge in [0.1, 0.15) is 115 Å². The molecule has 0 bridgehead atoms. The molecule has 27 nitrogen and oxygen atoms in total. The van der Waals surface area contributed by atoms with Crippen LogP contribution in [0, 0.1) is 90.0 Å². The summed E-state index contributed by atoms with van der Waals surface area (Å²) in [6.45, 7) is 58.0. The van der Waals surface area contributed by atoms with Crippen LogP contribution in [0.3, 0.4) is 0 Å². The van der Waals surface area contributed by atoms with Crippen molar-refractivity contribution in [2.75, 3.05) is 26.6 Å². The molecule has 5 N–H and O–H groups in total. The summed E-state index contributed by atoms with van der Waals surface area (Å²) in [5.74, 6) is 9.75. The molecule has 0 saturated heterocycles. The van der Waals surface area contributed by atoms with Gasteiger partial charge in [0.15, 0.2) is 0 Å². The molecule has 0 aliphatic rings. The lowest BCUT2D eigenvalue weighted by Gasteiger charge is -2.22. The summed E-state index contributed by atoms with van der Waals surface area (Å²) in [6, 6.07) is 58.3. The van der Waals surface area contributed by atoms with Crippen LogP contribution < -0.4 is 26.6 Å². The third-order valence-electron chi connectivity index (χ3n) is 23.1. The van der Waals surface area contributed by atoms with E-state index in [1.165, 1.54) is 11.1 Å². The van der Waals surface area contributed by atoms with Gasteiger partial charge >= 0.3 is 0 Å². The van der Waals surface area contributed by atoms with Gasteiger partial charge in [-0.2, -0.15) is 0 Å². The topological polar surface area (TPSA) is 303 Å². The van der Waals surface area contributed by atoms with E-state index in [-0.39, 0.29) is 27.7 Å². The van der Waals surface area contributed by atoms with Crippen LogP contribution in [0.1, 0.15) is 178 Å². The number of nitrogens with one attached hydrogen (secondary N) is 5. The third kappa shape index (κ3) is 20.9. The van der Waals surface area contributed by atoms with Gasteiger partial charge in [0.25, 0.3) is 0 Å². The van der Waals surface area contributed by atoms with Gasteiger partial charge < -0.3 is 49.2 Å². The van der Waals surface area contributed by atoms with E-state index in [0.29, 0.717) is 5.78 Å². The van der Waals surface area contributed by atoms with Crippen molar-refractivity contribution in [3.63, 3.8) is 0 Å². The predicted octanol–water partition coefficient (Wildman–Crippen LogP) is 27.1. The number of anilines is 5. The minimum absolute atomic E-state index is 0.0783. The van der Waals surface area contributed by atoms with E-state index in [2.05, 4.69) is 376 Å². The zero-order chi connectivity index (χ0) is 98.5. The second-order valence-electron chi connectivity index (χ2n) is 40.7. The largest absolute Gasteiger partial charge is 0.365 e. The zero-order valence-corrected chi connectivity index (χ0v) is 84.4. The number of aryl methyl sites for hydroxylation is 13. The highest BCUT2D eigenvalue weighted by molar-refractivity contribution is 5.86. The van der Waals surface area contributed by atoms with Crippen molar-refractivity contribution in [2.24, 2.45) is 0 Å². The third-order valence-corrected chi connectivity index (χ3v) is 23.1. The average Bonchev–Trinajstić information content (AvgIpc) is 1.61. The van der Waals surface area contributed by atoms with Crippen LogP contribution in [0.15, 0.2) is 236 Å². The molecule has 5 aromatic carbocycles. The van der Waals surface area contributed by atoms with E-state index < -0.39 is 0 Å². The summed E-state index contributed by atoms with van der Waals surface area (Å²) in [6.07, 6.45) is 13.6. The van der Waals surface area contributed by atoms with Crippen LogP contribution in [0.25, 0.3) is 140 Å². The van der Waals surface area contributed by atoms with Gasteiger partial charge in [-0.15, -0.1) is 0 Å². The SMILES string of the molecule is Cc1ccc2nc(-c3ccc(-c4c(C)noc4C)cc3)c(NC(C)(C)C)n2c1.Cc1ccc2nc(-c3ccc(-c4c(C)noc4C)cc3)c(NC(C)(C)C)n2c1.Cc1noc(C)c1-c1ccc(-c2nc3c(C)cccn3c2NC(C)(C)C)cc1.Cc1noc(C)c1-c1ccc(-c2nc3ccncn3c2NC(C)(C)C)cc1.Cc1noc(C)c1-c1ccc(-c2nc3ncccn3c2NC(C)(C)C)cc1. The normalized spacial score (nSPS) is 11.9. The van der Waals surface area contributed by atoms with Crippen LogP contribution in [-0.4, -0.2) is 110 Å². The van der Waals surface area contributed by atoms with Gasteiger partial charge in [-0.25, -0.2) is 34.9 Å². The molecular weight excluding hydrogens is 1720 g/mol. The average molecular weight is 1850 g/mol. The molecule has 27 heteroatoms. The Bertz CT molecular complexity index is 7270. The molecule has 0 fully saturated rings. The molecule has 0 aliphatic carbocycles. The van der Waals surface area contributed by atoms with Crippen LogP contribution in [0.4, 0.5) is 29.1 Å². The molecule has 708 valence electrons. The first-order chi connectivity index (χ1) is 65.4. The van der Waals surface area contributed by atoms with Crippen LogP contribution in [0.5, 0.6) is 0 Å². The monoisotopic (exact) mass is 1850 g/mol. The van der Waals surface area contributed by atoms with E-state index in [1.807, 2.05) is 96.4 Å². The Morgan fingerprint density at radius 3 is 0.826 bits per heavy atom. The lowest BCUT2D eigenvalue weighted by atomic mass is 10.0. The van der Waals surface area contributed by atoms with Crippen LogP contribution in [0.2, 0.25) is 0 Å². The quantitative estimate of drug-likeness (QED) is 0.0637. The first-order valence-electron chi connectivity index (χ1n) is 46.6. The molecule has 0 aliphatic heterocycles. The minimum Gasteiger partial charge on any atom is -0.365 e. The van der Waals surface area contributed by atoms with E-state index in [1.54, 1.807) is 18.7 Å². The Kier molecular flexibility index (Phi) is 26.3. The fourth-order valence-corrected chi connectivity index (χ4v) is 17.1. The van der Waals surface area contributed by atoms with Gasteiger partial charge in [0, 0.05) is 121 Å². The molecule has 20 aromatic rings. The standard InChI is InChI=1S/3C23H26N4O.2C21H23N5O/c2*1-14-7-12-19-24-21(22(27(19)13-14)25-23(4,5)6)18-10-8-17(9-11-18)20-15(2)26-28-16(20)3;1-14-8-7-13-27-21(14)24-20(22(27)25-23(4,5)6)18-11-9-17(10-12-18)19-15(2)26-28-16(19)3;1-13-17(14(2)27-25-13)15-7-9-16(10-8-15)18-19(24-21(3,4)5)26-12-6-11-22-20(26)23-18;1-13-18(14(2)27-25-13)15-6-8-16(9-7-15)19-20(24-21(3,4)5)26-12-22-11-10-17(26)23-19/h3*7-13,25H,1-6H3;2*6-12,24H,1-5H3. The highest BCUT2D eigenvalue weighted by atomic mass is 16.5. The minimum atomic E-state index is -0.100. The fraction of sp³-hybridized carbons (Fsp3) is 0.297. The number of aromatic nitrogens is 17. The number of nitrogens with zero attached hydrogens (tertiary/aromatic N) is 17. The number of hydrogen-bond donors (Lipinski definition) is 5. The summed E-state index contributed by atoms with van der Waals surface area (Å²) in [5, 5.41) is 38.3. The van der Waals surface area contributed by atoms with Gasteiger partial charge in [-0.3, -0.25) is 22.0 Å². The molecule has 0 radical (unpaired) electrons. The van der Waals surface area contributed by atoms with Gasteiger partial charge in [-0.1, -0.05) is 165 Å². The number of hydrogen-bond acceptors (Lipinski definition) is 22. The highest BCUT2D eigenvalue weighted by Gasteiger charge is 2.29. The maximum atomic E-state index is 5.32. The number of imidazole rings is 5. The second kappa shape index (κ2) is 38.0. The van der Waals surface area contributed by atoms with E-state index in [4.69, 9.17) is 47.5 Å². The molecule has 0 saturated carbocycles. The number of benzene rings is 5. The van der Waals surface area contributed by atoms with Crippen molar-refractivity contribution in [1.29, 1.82) is 0 Å². The fourth-order valence-electron chi connectivity index (χ4n) is 17.1. The molecule has 0 atom stereocenters. The molecule has 0 spiro atoms. The highest BCUT2D eigenvalue weighted by Crippen LogP contribution is 2.42. The Hall–Kier alpha value is -15.5. The van der Waals surface area contributed by atoms with Crippen molar-refractivity contribution in [1.82, 2.24) is 82.7 Å². The Morgan fingerprint density at radius 1 is 0.254 bits per heavy atom. The Morgan fingerprint density at radius 2 is 0.522 bits per heavy atom. The first kappa shape index (κ1) is 95.6. The predicted molar refractivity (Wildman–Crippen MR) is 555 cm³/mol. The van der Waals surface area contributed by atoms with Crippen LogP contribution >= 0.6 is 0 Å². The van der Waals surface area contributed by atoms with Crippen molar-refractivity contribution in [3.8, 4) is 112 Å². The molecule has 0 amide bonds. The molecule has 15 aromatic heterocycles. The zero-order valence-electron chi connectivity index (χ0n) is 84.4. The summed E-state index contributed by atoms with van der Waals surface area (Å²) >= 11 is 0. The summed E-state index contributed by atoms with van der Waals surface area (Å²) in [5.41, 5.74) is 32.0. The van der Waals surface area contributed by atoms with E-state index >= 15 is 0 Å². The lowest BCUT2D eigenvalue weighted by Crippen LogP contribution is -2.27. The van der Waals surface area contributed by atoms with E-state index in [0.717, 1.165) is 226 Å². The number of fused-ring (bicyclic) bond motifs is 5.